The van der Waals surface area contributed by atoms with Gasteiger partial charge in [0.25, 0.3) is 0 Å². The van der Waals surface area contributed by atoms with Crippen LogP contribution in [0.15, 0.2) is 66.7 Å². The molecule has 0 saturated heterocycles. The van der Waals surface area contributed by atoms with Crippen LogP contribution in [0, 0.1) is 0 Å². The van der Waals surface area contributed by atoms with Crippen molar-refractivity contribution >= 4 is 21.8 Å². The molecule has 0 bridgehead atoms. The molecule has 0 fully saturated rings. The Morgan fingerprint density at radius 3 is 1.92 bits per heavy atom. The molecule has 0 N–H and O–H groups in total. The Kier molecular flexibility index (Phi) is 7.03. The topological polar surface area (TPSA) is 4.93 Å². The molecule has 0 atom stereocenters. The molecule has 3 aromatic carbocycles. The number of aromatic nitrogens is 1. The quantitative estimate of drug-likeness (QED) is 0.270. The lowest BCUT2D eigenvalue weighted by Crippen LogP contribution is -2.07. The molecule has 1 aliphatic rings. The summed E-state index contributed by atoms with van der Waals surface area (Å²) < 4.78 is 2.43. The average molecular weight is 346 g/mol. The lowest BCUT2D eigenvalue weighted by Gasteiger charge is -2.20. The van der Waals surface area contributed by atoms with E-state index >= 15 is 0 Å². The third kappa shape index (κ3) is 3.14. The normalized spacial score (nSPS) is 10.5. The van der Waals surface area contributed by atoms with E-state index in [1.54, 1.807) is 0 Å². The fourth-order valence-electron chi connectivity index (χ4n) is 3.57. The van der Waals surface area contributed by atoms with E-state index in [2.05, 4.69) is 71.3 Å². The van der Waals surface area contributed by atoms with Gasteiger partial charge in [-0.15, -0.1) is 0 Å². The molecule has 1 aromatic heterocycles. The van der Waals surface area contributed by atoms with Crippen LogP contribution in [0.5, 0.6) is 0 Å². The zero-order valence-electron chi connectivity index (χ0n) is 17.0. The van der Waals surface area contributed by atoms with E-state index in [0.717, 1.165) is 6.42 Å². The van der Waals surface area contributed by atoms with Gasteiger partial charge in [-0.3, -0.25) is 0 Å². The van der Waals surface area contributed by atoms with Crippen molar-refractivity contribution in [1.29, 1.82) is 0 Å². The van der Waals surface area contributed by atoms with E-state index in [1.807, 2.05) is 41.5 Å². The Morgan fingerprint density at radius 2 is 1.15 bits per heavy atom. The van der Waals surface area contributed by atoms with Gasteiger partial charge in [0.1, 0.15) is 0 Å². The summed E-state index contributed by atoms with van der Waals surface area (Å²) in [5.41, 5.74) is 6.86. The number of hydrogen-bond donors (Lipinski definition) is 0. The summed E-state index contributed by atoms with van der Waals surface area (Å²) in [6.07, 6.45) is 1.03. The molecule has 26 heavy (non-hydrogen) atoms. The van der Waals surface area contributed by atoms with Crippen LogP contribution >= 0.6 is 0 Å². The monoisotopic (exact) mass is 345 g/mol. The van der Waals surface area contributed by atoms with Gasteiger partial charge >= 0.3 is 0 Å². The maximum Gasteiger partial charge on any atom is 0.0576 e. The molecule has 2 heterocycles. The zero-order chi connectivity index (χ0) is 19.1. The number of para-hydroxylation sites is 3. The van der Waals surface area contributed by atoms with Gasteiger partial charge in [0.2, 0.25) is 0 Å². The van der Waals surface area contributed by atoms with Crippen molar-refractivity contribution in [1.82, 2.24) is 4.57 Å². The third-order valence-electron chi connectivity index (χ3n) is 4.39. The SMILES string of the molecule is CC.CC.CC.c1ccc2c(c1)Cc1cccc3c4ccccc4n-2c13. The standard InChI is InChI=1S/C19H13N.3C2H6/c1-3-10-17-13(6-1)12-14-7-5-9-16-15-8-2-4-11-18(15)20(17)19(14)16;3*1-2/h1-11H,12H2;3*1-2H3. The van der Waals surface area contributed by atoms with Gasteiger partial charge in [-0.25, -0.2) is 0 Å². The zero-order valence-corrected chi connectivity index (χ0v) is 17.0. The first-order valence-corrected chi connectivity index (χ1v) is 10.0. The molecular weight excluding hydrogens is 314 g/mol. The molecule has 136 valence electrons. The highest BCUT2D eigenvalue weighted by molar-refractivity contribution is 6.10. The molecule has 4 aromatic rings. The number of rotatable bonds is 0. The fourth-order valence-corrected chi connectivity index (χ4v) is 3.57. The molecular formula is C25H31N. The van der Waals surface area contributed by atoms with E-state index in [9.17, 15) is 0 Å². The maximum atomic E-state index is 2.43. The Hall–Kier alpha value is -2.54. The van der Waals surface area contributed by atoms with Gasteiger partial charge in [0.05, 0.1) is 11.0 Å². The molecule has 0 spiro atoms. The van der Waals surface area contributed by atoms with Crippen LogP contribution < -0.4 is 0 Å². The molecule has 1 aliphatic heterocycles. The van der Waals surface area contributed by atoms with Crippen molar-refractivity contribution in [2.45, 2.75) is 48.0 Å². The molecule has 0 aliphatic carbocycles. The number of fused-ring (bicyclic) bond motifs is 5. The van der Waals surface area contributed by atoms with Crippen LogP contribution in [0.25, 0.3) is 27.5 Å². The molecule has 0 unspecified atom stereocenters. The molecule has 0 radical (unpaired) electrons. The van der Waals surface area contributed by atoms with Crippen molar-refractivity contribution in [3.8, 4) is 5.69 Å². The largest absolute Gasteiger partial charge is 0.309 e. The molecule has 0 amide bonds. The number of benzene rings is 3. The highest BCUT2D eigenvalue weighted by atomic mass is 15.0. The van der Waals surface area contributed by atoms with Gasteiger partial charge in [0, 0.05) is 22.9 Å². The smallest absolute Gasteiger partial charge is 0.0576 e. The van der Waals surface area contributed by atoms with Crippen LogP contribution in [0.1, 0.15) is 52.7 Å². The van der Waals surface area contributed by atoms with Crippen molar-refractivity contribution in [2.75, 3.05) is 0 Å². The molecule has 5 rings (SSSR count). The van der Waals surface area contributed by atoms with Crippen LogP contribution in [0.2, 0.25) is 0 Å². The van der Waals surface area contributed by atoms with Gasteiger partial charge < -0.3 is 4.57 Å². The van der Waals surface area contributed by atoms with Crippen molar-refractivity contribution in [2.24, 2.45) is 0 Å². The predicted octanol–water partition coefficient (Wildman–Crippen LogP) is 7.77. The van der Waals surface area contributed by atoms with E-state index in [4.69, 9.17) is 0 Å². The second-order valence-corrected chi connectivity index (χ2v) is 5.47. The first-order valence-electron chi connectivity index (χ1n) is 10.0. The Balaban J connectivity index is 0.000000371. The summed E-state index contributed by atoms with van der Waals surface area (Å²) in [4.78, 5) is 0. The first kappa shape index (κ1) is 19.8. The molecule has 0 saturated carbocycles. The third-order valence-corrected chi connectivity index (χ3v) is 4.39. The van der Waals surface area contributed by atoms with Crippen molar-refractivity contribution < 1.29 is 0 Å². The Bertz CT molecular complexity index is 976. The van der Waals surface area contributed by atoms with E-state index < -0.39 is 0 Å². The second-order valence-electron chi connectivity index (χ2n) is 5.47. The Labute approximate surface area is 158 Å². The lowest BCUT2D eigenvalue weighted by molar-refractivity contribution is 1.04. The number of nitrogens with zero attached hydrogens (tertiary/aromatic N) is 1. The highest BCUT2D eigenvalue weighted by Crippen LogP contribution is 2.38. The maximum absolute atomic E-state index is 2.43. The first-order chi connectivity index (χ1) is 12.9. The summed E-state index contributed by atoms with van der Waals surface area (Å²) >= 11 is 0. The van der Waals surface area contributed by atoms with Gasteiger partial charge in [0.15, 0.2) is 0 Å². The van der Waals surface area contributed by atoms with E-state index in [1.165, 1.54) is 38.6 Å². The fraction of sp³-hybridized carbons (Fsp3) is 0.280. The molecule has 1 heteroatoms. The minimum Gasteiger partial charge on any atom is -0.309 e. The minimum atomic E-state index is 1.03. The molecule has 1 nitrogen and oxygen atoms in total. The highest BCUT2D eigenvalue weighted by Gasteiger charge is 2.20. The summed E-state index contributed by atoms with van der Waals surface area (Å²) in [6, 6.07) is 24.1. The van der Waals surface area contributed by atoms with Crippen LogP contribution in [0.3, 0.4) is 0 Å². The van der Waals surface area contributed by atoms with Crippen LogP contribution in [0.4, 0.5) is 0 Å². The van der Waals surface area contributed by atoms with Gasteiger partial charge in [-0.05, 0) is 23.3 Å². The summed E-state index contributed by atoms with van der Waals surface area (Å²) in [5.74, 6) is 0. The second kappa shape index (κ2) is 9.24. The van der Waals surface area contributed by atoms with E-state index in [0.29, 0.717) is 0 Å². The van der Waals surface area contributed by atoms with Gasteiger partial charge in [-0.2, -0.15) is 0 Å². The lowest BCUT2D eigenvalue weighted by atomic mass is 9.98. The van der Waals surface area contributed by atoms with Crippen molar-refractivity contribution in [3.63, 3.8) is 0 Å². The van der Waals surface area contributed by atoms with Crippen LogP contribution in [-0.2, 0) is 6.42 Å². The summed E-state index contributed by atoms with van der Waals surface area (Å²) in [5, 5.41) is 2.72. The summed E-state index contributed by atoms with van der Waals surface area (Å²) in [7, 11) is 0. The Morgan fingerprint density at radius 1 is 0.577 bits per heavy atom. The average Bonchev–Trinajstić information content (AvgIpc) is 3.09. The van der Waals surface area contributed by atoms with Gasteiger partial charge in [-0.1, -0.05) is 96.1 Å². The van der Waals surface area contributed by atoms with Crippen molar-refractivity contribution in [3.05, 3.63) is 77.9 Å². The van der Waals surface area contributed by atoms with Crippen LogP contribution in [-0.4, -0.2) is 4.57 Å². The predicted molar refractivity (Wildman–Crippen MR) is 118 cm³/mol. The number of hydrogen-bond acceptors (Lipinski definition) is 0. The summed E-state index contributed by atoms with van der Waals surface area (Å²) in [6.45, 7) is 12.0. The minimum absolute atomic E-state index is 1.03. The van der Waals surface area contributed by atoms with E-state index in [-0.39, 0.29) is 0 Å².